The number of carboxylic acids is 2. The zero-order valence-corrected chi connectivity index (χ0v) is 50.8. The van der Waals surface area contributed by atoms with Crippen LogP contribution in [0.3, 0.4) is 0 Å². The smallest absolute Gasteiger partial charge is 0.326 e. The van der Waals surface area contributed by atoms with Gasteiger partial charge in [-0.25, -0.2) is 4.79 Å². The van der Waals surface area contributed by atoms with Crippen LogP contribution in [0.25, 0.3) is 0 Å². The van der Waals surface area contributed by atoms with E-state index in [1.807, 2.05) is 0 Å². The minimum absolute atomic E-state index is 0.00427. The van der Waals surface area contributed by atoms with E-state index in [2.05, 4.69) is 62.5 Å². The van der Waals surface area contributed by atoms with E-state index in [9.17, 15) is 72.5 Å². The average Bonchev–Trinajstić information content (AvgIpc) is 2.04. The van der Waals surface area contributed by atoms with Gasteiger partial charge < -0.3 is 121 Å². The molecule has 1 aliphatic heterocycles. The summed E-state index contributed by atoms with van der Waals surface area (Å²) in [5.41, 5.74) is 59.7. The van der Waals surface area contributed by atoms with Gasteiger partial charge in [-0.05, 0) is 89.9 Å². The van der Waals surface area contributed by atoms with Crippen LogP contribution in [-0.4, -0.2) is 209 Å². The number of hydrogen-bond donors (Lipinski definition) is 21. The van der Waals surface area contributed by atoms with Crippen molar-refractivity contribution in [1.29, 1.82) is 0 Å². The highest BCUT2D eigenvalue weighted by Crippen LogP contribution is 2.22. The molecule has 0 radical (unpaired) electrons. The molecule has 506 valence electrons. The van der Waals surface area contributed by atoms with Crippen molar-refractivity contribution < 1.29 is 72.5 Å². The van der Waals surface area contributed by atoms with Gasteiger partial charge in [0, 0.05) is 39.1 Å². The summed E-state index contributed by atoms with van der Waals surface area (Å²) in [7, 11) is 0. The van der Waals surface area contributed by atoms with Crippen molar-refractivity contribution in [2.75, 3.05) is 32.7 Å². The first-order valence-electron chi connectivity index (χ1n) is 28.8. The summed E-state index contributed by atoms with van der Waals surface area (Å²) in [6.07, 6.45) is -2.76. The van der Waals surface area contributed by atoms with E-state index < -0.39 is 163 Å². The number of carbonyl (C=O) groups excluding carboxylic acids is 11. The third-order valence-corrected chi connectivity index (χ3v) is 13.3. The maximum atomic E-state index is 14.4. The van der Waals surface area contributed by atoms with Crippen molar-refractivity contribution in [3.8, 4) is 0 Å². The van der Waals surface area contributed by atoms with Gasteiger partial charge in [0.05, 0.1) is 18.9 Å². The van der Waals surface area contributed by atoms with Gasteiger partial charge in [0.1, 0.15) is 54.4 Å². The summed E-state index contributed by atoms with van der Waals surface area (Å²) >= 11 is 0. The van der Waals surface area contributed by atoms with Crippen LogP contribution in [-0.2, 0) is 62.3 Å². The van der Waals surface area contributed by atoms with Crippen molar-refractivity contribution in [3.63, 3.8) is 0 Å². The molecule has 11 amide bonds. The Bertz CT molecular complexity index is 2620. The highest BCUT2D eigenvalue weighted by molar-refractivity contribution is 5.99. The zero-order chi connectivity index (χ0) is 68.4. The predicted molar refractivity (Wildman–Crippen MR) is 325 cm³/mol. The topological polar surface area (TPSA) is 698 Å². The van der Waals surface area contributed by atoms with Gasteiger partial charge in [-0.1, -0.05) is 13.8 Å². The average molecular weight is 1280 g/mol. The maximum Gasteiger partial charge on any atom is 0.326 e. The van der Waals surface area contributed by atoms with Gasteiger partial charge >= 0.3 is 11.9 Å². The van der Waals surface area contributed by atoms with Crippen LogP contribution in [0.5, 0.6) is 0 Å². The number of carboxylic acid groups (broad SMARTS) is 2. The molecule has 0 bridgehead atoms. The van der Waals surface area contributed by atoms with E-state index in [0.717, 1.165) is 0 Å². The lowest BCUT2D eigenvalue weighted by Crippen LogP contribution is -2.60. The highest BCUT2D eigenvalue weighted by atomic mass is 16.4. The van der Waals surface area contributed by atoms with Crippen LogP contribution >= 0.6 is 0 Å². The summed E-state index contributed by atoms with van der Waals surface area (Å²) in [6.45, 7) is 4.58. The number of nitrogens with two attached hydrogens (primary N) is 11. The molecule has 1 aliphatic rings. The van der Waals surface area contributed by atoms with Crippen LogP contribution < -0.4 is 106 Å². The first kappa shape index (κ1) is 78.2. The summed E-state index contributed by atoms with van der Waals surface area (Å²) < 4.78 is 0. The molecular formula is C51H92N24O15. The summed E-state index contributed by atoms with van der Waals surface area (Å²) in [6, 6.07) is -15.0. The molecule has 0 saturated carbocycles. The summed E-state index contributed by atoms with van der Waals surface area (Å²) in [5, 5.41) is 39.1. The molecule has 0 aliphatic carbocycles. The van der Waals surface area contributed by atoms with Crippen molar-refractivity contribution >= 4 is 101 Å². The maximum absolute atomic E-state index is 14.4. The molecule has 1 fully saturated rings. The molecule has 1 saturated heterocycles. The van der Waals surface area contributed by atoms with Gasteiger partial charge in [-0.3, -0.25) is 77.5 Å². The zero-order valence-electron chi connectivity index (χ0n) is 50.8. The second kappa shape index (κ2) is 40.6. The number of amides is 11. The normalized spacial score (nSPS) is 15.5. The Labute approximate surface area is 518 Å². The Morgan fingerprint density at radius 1 is 0.456 bits per heavy atom. The largest absolute Gasteiger partial charge is 0.481 e. The Balaban J connectivity index is 3.65. The van der Waals surface area contributed by atoms with Crippen molar-refractivity contribution in [2.24, 2.45) is 89.0 Å². The second-order valence-corrected chi connectivity index (χ2v) is 21.5. The van der Waals surface area contributed by atoms with Gasteiger partial charge in [0.15, 0.2) is 23.8 Å². The predicted octanol–water partition coefficient (Wildman–Crippen LogP) is -9.84. The first-order chi connectivity index (χ1) is 42.1. The SMILES string of the molecule is CC(C)C[C@H](NC(=O)[C@H](CCC(=O)O)NC(=O)[C@H](CCCN=C(N)N)NC(=O)[C@H](CCCN=C(N)N)NC(=O)[C@H](C)NC(=O)[C@H](CCCN=C(N)N)NC(=O)[C@H](CC(N)=O)NC(=O)[C@@H](N)CC(N)=O)C(=O)N1CCC[C@H]1C(=O)N[C@@H](CCCN=C(N)N)C(=O)O. The molecular weight excluding hydrogens is 1190 g/mol. The van der Waals surface area contributed by atoms with Crippen molar-refractivity contribution in [3.05, 3.63) is 0 Å². The fourth-order valence-corrected chi connectivity index (χ4v) is 8.84. The van der Waals surface area contributed by atoms with Gasteiger partial charge in [0.2, 0.25) is 65.0 Å². The van der Waals surface area contributed by atoms with Crippen LogP contribution in [0.15, 0.2) is 20.0 Å². The number of nitrogens with one attached hydrogen (secondary N) is 8. The minimum atomic E-state index is -1.73. The number of rotatable bonds is 43. The van der Waals surface area contributed by atoms with E-state index >= 15 is 0 Å². The molecule has 1 heterocycles. The summed E-state index contributed by atoms with van der Waals surface area (Å²) in [4.78, 5) is 189. The number of aliphatic imine (C=N–C) groups is 4. The van der Waals surface area contributed by atoms with Crippen LogP contribution in [0.2, 0.25) is 0 Å². The second-order valence-electron chi connectivity index (χ2n) is 21.5. The molecule has 0 aromatic carbocycles. The fraction of sp³-hybridized carbons (Fsp3) is 0.667. The minimum Gasteiger partial charge on any atom is -0.481 e. The third-order valence-electron chi connectivity index (χ3n) is 13.3. The number of carbonyl (C=O) groups is 13. The number of guanidine groups is 4. The van der Waals surface area contributed by atoms with Gasteiger partial charge in [-0.2, -0.15) is 0 Å². The number of nitrogens with zero attached hydrogens (tertiary/aromatic N) is 5. The number of primary amides is 2. The molecule has 90 heavy (non-hydrogen) atoms. The van der Waals surface area contributed by atoms with Crippen LogP contribution in [0, 0.1) is 5.92 Å². The number of likely N-dealkylation sites (tertiary alicyclic amines) is 1. The Hall–Kier alpha value is -9.85. The lowest BCUT2D eigenvalue weighted by Gasteiger charge is -2.31. The Morgan fingerprint density at radius 3 is 1.21 bits per heavy atom. The first-order valence-corrected chi connectivity index (χ1v) is 28.8. The molecule has 0 spiro atoms. The lowest BCUT2D eigenvalue weighted by molar-refractivity contribution is -0.145. The molecule has 32 N–H and O–H groups in total. The molecule has 1 rings (SSSR count). The summed E-state index contributed by atoms with van der Waals surface area (Å²) in [5.74, 6) is -15.0. The fourth-order valence-electron chi connectivity index (χ4n) is 8.84. The van der Waals surface area contributed by atoms with Gasteiger partial charge in [0.25, 0.3) is 0 Å². The van der Waals surface area contributed by atoms with E-state index in [4.69, 9.17) is 63.1 Å². The number of hydrogen-bond acceptors (Lipinski definition) is 18. The van der Waals surface area contributed by atoms with Crippen molar-refractivity contribution in [1.82, 2.24) is 47.4 Å². The van der Waals surface area contributed by atoms with E-state index in [0.29, 0.717) is 6.42 Å². The van der Waals surface area contributed by atoms with Crippen molar-refractivity contribution in [2.45, 2.75) is 178 Å². The molecule has 0 unspecified atom stereocenters. The third kappa shape index (κ3) is 31.7. The molecule has 0 aromatic rings. The highest BCUT2D eigenvalue weighted by Gasteiger charge is 2.41. The van der Waals surface area contributed by atoms with Crippen LogP contribution in [0.1, 0.15) is 117 Å². The number of aliphatic carboxylic acids is 2. The Kier molecular flexibility index (Phi) is 35.2. The van der Waals surface area contributed by atoms with E-state index in [-0.39, 0.29) is 127 Å². The standard InChI is InChI=1S/C51H92N24O15/c1-24(2)21-33(46(88)75-20-8-13-34(75)45(87)72-31(47(89)90)12-7-19-66-51(61)62)74-43(85)30(14-15-37(78)79)71-42(84)29(11-6-18-65-50(59)60)69-41(83)28(10-5-17-64-49(57)58)68-38(80)25(3)67-40(82)27(9-4-16-63-48(55)56)70-44(86)32(23-36(54)77)73-39(81)26(52)22-35(53)76/h24-34H,4-23,52H2,1-3H3,(H2,53,76)(H2,54,77)(H,67,82)(H,68,80)(H,69,83)(H,70,86)(H,71,84)(H,72,87)(H,73,81)(H,74,85)(H,78,79)(H,89,90)(H4,55,56,63)(H4,57,58,64)(H4,59,60,65)(H4,61,62,66)/t25-,26-,27-,28-,29-,30-,31-,32-,33-,34-/m0/s1. The molecule has 0 aromatic heterocycles. The van der Waals surface area contributed by atoms with E-state index in [1.54, 1.807) is 13.8 Å². The molecule has 39 heteroatoms. The monoisotopic (exact) mass is 1280 g/mol. The lowest BCUT2D eigenvalue weighted by atomic mass is 10.0. The molecule has 39 nitrogen and oxygen atoms in total. The molecule has 10 atom stereocenters. The van der Waals surface area contributed by atoms with Gasteiger partial charge in [-0.15, -0.1) is 0 Å². The van der Waals surface area contributed by atoms with E-state index in [1.165, 1.54) is 11.8 Å². The van der Waals surface area contributed by atoms with Crippen LogP contribution in [0.4, 0.5) is 0 Å². The Morgan fingerprint density at radius 2 is 0.822 bits per heavy atom. The quantitative estimate of drug-likeness (QED) is 0.0153.